The quantitative estimate of drug-likeness (QED) is 0.669. The van der Waals surface area contributed by atoms with Crippen LogP contribution in [0.25, 0.3) is 22.3 Å². The van der Waals surface area contributed by atoms with Crippen LogP contribution in [0, 0.1) is 6.92 Å². The maximum Gasteiger partial charge on any atom is 0.165 e. The van der Waals surface area contributed by atoms with E-state index in [0.717, 1.165) is 23.3 Å². The molecule has 1 N–H and O–H groups in total. The van der Waals surface area contributed by atoms with Crippen molar-refractivity contribution in [1.29, 1.82) is 0 Å². The number of piperidine rings is 1. The van der Waals surface area contributed by atoms with Gasteiger partial charge in [-0.05, 0) is 62.4 Å². The van der Waals surface area contributed by atoms with Gasteiger partial charge < -0.3 is 10.0 Å². The summed E-state index contributed by atoms with van der Waals surface area (Å²) in [5.74, 6) is 1.83. The molecule has 1 aliphatic rings. The van der Waals surface area contributed by atoms with Crippen LogP contribution in [0.2, 0.25) is 0 Å². The molecule has 4 rings (SSSR count). The number of phenols is 1. The maximum atomic E-state index is 10.3. The lowest BCUT2D eigenvalue weighted by Crippen LogP contribution is -2.40. The smallest absolute Gasteiger partial charge is 0.165 e. The maximum absolute atomic E-state index is 10.3. The number of rotatable bonds is 4. The summed E-state index contributed by atoms with van der Waals surface area (Å²) < 4.78 is 0. The molecule has 2 heterocycles. The predicted molar refractivity (Wildman–Crippen MR) is 111 cm³/mol. The van der Waals surface area contributed by atoms with Gasteiger partial charge in [0.25, 0.3) is 0 Å². The van der Waals surface area contributed by atoms with Gasteiger partial charge in [0.15, 0.2) is 5.82 Å². The van der Waals surface area contributed by atoms with Crippen molar-refractivity contribution in [3.8, 4) is 17.1 Å². The predicted octanol–water partition coefficient (Wildman–Crippen LogP) is 5.47. The Morgan fingerprint density at radius 1 is 1.11 bits per heavy atom. The molecule has 4 heteroatoms. The Hall–Kier alpha value is -2.62. The first-order chi connectivity index (χ1) is 13.2. The normalized spacial score (nSPS) is 17.4. The van der Waals surface area contributed by atoms with E-state index in [1.807, 2.05) is 18.2 Å². The fourth-order valence-electron chi connectivity index (χ4n) is 4.14. The van der Waals surface area contributed by atoms with E-state index in [0.29, 0.717) is 17.4 Å². The molecule has 1 aliphatic heterocycles. The number of para-hydroxylation sites is 1. The van der Waals surface area contributed by atoms with Crippen LogP contribution in [0.3, 0.4) is 0 Å². The van der Waals surface area contributed by atoms with Crippen molar-refractivity contribution < 1.29 is 5.11 Å². The van der Waals surface area contributed by atoms with Crippen LogP contribution in [-0.2, 0) is 0 Å². The number of aromatic hydroxyl groups is 1. The summed E-state index contributed by atoms with van der Waals surface area (Å²) in [4.78, 5) is 12.3. The Kier molecular flexibility index (Phi) is 4.97. The van der Waals surface area contributed by atoms with Crippen LogP contribution < -0.4 is 4.90 Å². The van der Waals surface area contributed by atoms with Crippen LogP contribution in [-0.4, -0.2) is 27.7 Å². The van der Waals surface area contributed by atoms with Gasteiger partial charge in [0.2, 0.25) is 0 Å². The Morgan fingerprint density at radius 3 is 2.78 bits per heavy atom. The minimum atomic E-state index is 0.221. The monoisotopic (exact) mass is 361 g/mol. The molecule has 140 valence electrons. The van der Waals surface area contributed by atoms with Crippen LogP contribution in [0.4, 0.5) is 5.82 Å². The molecule has 0 saturated carbocycles. The molecular weight excluding hydrogens is 334 g/mol. The van der Waals surface area contributed by atoms with Gasteiger partial charge in [-0.1, -0.05) is 31.5 Å². The van der Waals surface area contributed by atoms with E-state index < -0.39 is 0 Å². The van der Waals surface area contributed by atoms with E-state index in [1.54, 1.807) is 6.07 Å². The standard InChI is InChI=1S/C23H27N3O/c1-3-8-17-9-6-7-14-26(17)23-18-13-12-16(2)15-20(18)24-22(25-23)19-10-4-5-11-21(19)27/h4-5,10-13,15,17,27H,3,6-9,14H2,1-2H3. The summed E-state index contributed by atoms with van der Waals surface area (Å²) in [6.45, 7) is 5.37. The molecular formula is C23H27N3O. The molecule has 0 bridgehead atoms. The minimum Gasteiger partial charge on any atom is -0.507 e. The lowest BCUT2D eigenvalue weighted by molar-refractivity contribution is 0.433. The Balaban J connectivity index is 1.91. The van der Waals surface area contributed by atoms with E-state index in [2.05, 4.69) is 36.9 Å². The number of phenolic OH excluding ortho intramolecular Hbond substituents is 1. The second kappa shape index (κ2) is 7.55. The first-order valence-corrected chi connectivity index (χ1v) is 10.0. The van der Waals surface area contributed by atoms with Gasteiger partial charge in [-0.3, -0.25) is 0 Å². The first kappa shape index (κ1) is 17.8. The minimum absolute atomic E-state index is 0.221. The van der Waals surface area contributed by atoms with Crippen molar-refractivity contribution in [2.24, 2.45) is 0 Å². The zero-order chi connectivity index (χ0) is 18.8. The lowest BCUT2D eigenvalue weighted by atomic mass is 9.97. The zero-order valence-electron chi connectivity index (χ0n) is 16.2. The fourth-order valence-corrected chi connectivity index (χ4v) is 4.14. The number of benzene rings is 2. The molecule has 1 fully saturated rings. The summed E-state index contributed by atoms with van der Waals surface area (Å²) >= 11 is 0. The van der Waals surface area contributed by atoms with Gasteiger partial charge in [0.1, 0.15) is 11.6 Å². The highest BCUT2D eigenvalue weighted by atomic mass is 16.3. The van der Waals surface area contributed by atoms with E-state index in [4.69, 9.17) is 9.97 Å². The molecule has 1 aromatic heterocycles. The van der Waals surface area contributed by atoms with Crippen LogP contribution in [0.1, 0.15) is 44.6 Å². The number of nitrogens with zero attached hydrogens (tertiary/aromatic N) is 3. The third-order valence-corrected chi connectivity index (χ3v) is 5.50. The Labute approximate surface area is 160 Å². The first-order valence-electron chi connectivity index (χ1n) is 10.0. The van der Waals surface area contributed by atoms with Crippen molar-refractivity contribution in [1.82, 2.24) is 9.97 Å². The lowest BCUT2D eigenvalue weighted by Gasteiger charge is -2.37. The SMILES string of the molecule is CCCC1CCCCN1c1nc(-c2ccccc2O)nc2cc(C)ccc12. The van der Waals surface area contributed by atoms with Gasteiger partial charge in [-0.2, -0.15) is 0 Å². The molecule has 0 amide bonds. The summed E-state index contributed by atoms with van der Waals surface area (Å²) in [6, 6.07) is 14.2. The largest absolute Gasteiger partial charge is 0.507 e. The summed E-state index contributed by atoms with van der Waals surface area (Å²) in [6.07, 6.45) is 6.06. The zero-order valence-corrected chi connectivity index (χ0v) is 16.2. The molecule has 27 heavy (non-hydrogen) atoms. The fraction of sp³-hybridized carbons (Fsp3) is 0.391. The van der Waals surface area contributed by atoms with Crippen LogP contribution in [0.5, 0.6) is 5.75 Å². The summed E-state index contributed by atoms with van der Waals surface area (Å²) in [5, 5.41) is 11.4. The second-order valence-corrected chi connectivity index (χ2v) is 7.54. The van der Waals surface area contributed by atoms with Gasteiger partial charge in [0.05, 0.1) is 11.1 Å². The van der Waals surface area contributed by atoms with Gasteiger partial charge >= 0.3 is 0 Å². The van der Waals surface area contributed by atoms with Crippen molar-refractivity contribution in [2.75, 3.05) is 11.4 Å². The molecule has 3 aromatic rings. The van der Waals surface area contributed by atoms with E-state index in [-0.39, 0.29) is 5.75 Å². The number of anilines is 1. The van der Waals surface area contributed by atoms with Gasteiger partial charge in [0, 0.05) is 18.0 Å². The number of aromatic nitrogens is 2. The molecule has 1 unspecified atom stereocenters. The Bertz CT molecular complexity index is 952. The second-order valence-electron chi connectivity index (χ2n) is 7.54. The molecule has 2 aromatic carbocycles. The van der Waals surface area contributed by atoms with Crippen LogP contribution in [0.15, 0.2) is 42.5 Å². The molecule has 1 saturated heterocycles. The summed E-state index contributed by atoms with van der Waals surface area (Å²) in [5.41, 5.74) is 2.81. The van der Waals surface area contributed by atoms with Gasteiger partial charge in [-0.25, -0.2) is 9.97 Å². The number of hydrogen-bond donors (Lipinski definition) is 1. The van der Waals surface area contributed by atoms with Crippen LogP contribution >= 0.6 is 0 Å². The third-order valence-electron chi connectivity index (χ3n) is 5.50. The molecule has 0 aliphatic carbocycles. The van der Waals surface area contributed by atoms with E-state index >= 15 is 0 Å². The average Bonchev–Trinajstić information content (AvgIpc) is 2.68. The molecule has 1 atom stereocenters. The van der Waals surface area contributed by atoms with Crippen molar-refractivity contribution in [2.45, 2.75) is 52.0 Å². The molecule has 0 spiro atoms. The molecule has 4 nitrogen and oxygen atoms in total. The number of aryl methyl sites for hydroxylation is 1. The highest BCUT2D eigenvalue weighted by molar-refractivity contribution is 5.92. The molecule has 0 radical (unpaired) electrons. The topological polar surface area (TPSA) is 49.2 Å². The third kappa shape index (κ3) is 3.48. The average molecular weight is 361 g/mol. The highest BCUT2D eigenvalue weighted by Gasteiger charge is 2.25. The van der Waals surface area contributed by atoms with E-state index in [9.17, 15) is 5.11 Å². The van der Waals surface area contributed by atoms with Crippen molar-refractivity contribution in [3.63, 3.8) is 0 Å². The number of fused-ring (bicyclic) bond motifs is 1. The van der Waals surface area contributed by atoms with Gasteiger partial charge in [-0.15, -0.1) is 0 Å². The van der Waals surface area contributed by atoms with E-state index in [1.165, 1.54) is 37.7 Å². The summed E-state index contributed by atoms with van der Waals surface area (Å²) in [7, 11) is 0. The van der Waals surface area contributed by atoms with Crippen molar-refractivity contribution in [3.05, 3.63) is 48.0 Å². The number of hydrogen-bond acceptors (Lipinski definition) is 4. The van der Waals surface area contributed by atoms with Crippen molar-refractivity contribution >= 4 is 16.7 Å². The Morgan fingerprint density at radius 2 is 1.96 bits per heavy atom. The highest BCUT2D eigenvalue weighted by Crippen LogP contribution is 2.35.